The number of nitrogens with one attached hydrogen (secondary N) is 2. The normalized spacial score (nSPS) is 13.4. The van der Waals surface area contributed by atoms with Gasteiger partial charge in [-0.2, -0.15) is 0 Å². The molecule has 1 heterocycles. The molecule has 2 amide bonds. The highest BCUT2D eigenvalue weighted by molar-refractivity contribution is 5.74. The van der Waals surface area contributed by atoms with Crippen LogP contribution in [0.15, 0.2) is 36.7 Å². The zero-order valence-electron chi connectivity index (χ0n) is 15.5. The Morgan fingerprint density at radius 1 is 1.32 bits per heavy atom. The Morgan fingerprint density at radius 2 is 2.00 bits per heavy atom. The Hall–Kier alpha value is -2.54. The molecule has 2 rings (SSSR count). The van der Waals surface area contributed by atoms with Crippen molar-refractivity contribution < 1.29 is 9.53 Å². The number of nitrogens with zero attached hydrogens (tertiary/aromatic N) is 3. The van der Waals surface area contributed by atoms with Crippen LogP contribution >= 0.6 is 0 Å². The standard InChI is InChI=1S/C18H27N5O2/c1-13(22(2)3)12-20-18(24)21-16(17-19-10-11-23(17)4)14-6-8-15(25-5)9-7-14/h6-11,13,16H,12H2,1-5H3,(H2,20,21,24)/t13-,16-/m0/s1. The maximum absolute atomic E-state index is 12.4. The van der Waals surface area contributed by atoms with Crippen LogP contribution in [0, 0.1) is 0 Å². The van der Waals surface area contributed by atoms with Gasteiger partial charge in [0.25, 0.3) is 0 Å². The van der Waals surface area contributed by atoms with E-state index in [1.807, 2.05) is 56.2 Å². The summed E-state index contributed by atoms with van der Waals surface area (Å²) in [5.74, 6) is 1.53. The first-order chi connectivity index (χ1) is 11.9. The molecule has 136 valence electrons. The van der Waals surface area contributed by atoms with Crippen LogP contribution in [0.5, 0.6) is 5.75 Å². The van der Waals surface area contributed by atoms with E-state index >= 15 is 0 Å². The molecule has 7 nitrogen and oxygen atoms in total. The minimum atomic E-state index is -0.347. The fourth-order valence-electron chi connectivity index (χ4n) is 2.35. The maximum Gasteiger partial charge on any atom is 0.315 e. The molecule has 0 radical (unpaired) electrons. The molecule has 0 aliphatic carbocycles. The molecule has 0 saturated heterocycles. The summed E-state index contributed by atoms with van der Waals surface area (Å²) in [6.45, 7) is 2.62. The van der Waals surface area contributed by atoms with Crippen LogP contribution in [0.25, 0.3) is 0 Å². The zero-order chi connectivity index (χ0) is 18.4. The van der Waals surface area contributed by atoms with Crippen molar-refractivity contribution >= 4 is 6.03 Å². The highest BCUT2D eigenvalue weighted by Gasteiger charge is 2.21. The van der Waals surface area contributed by atoms with Crippen molar-refractivity contribution in [1.82, 2.24) is 25.1 Å². The summed E-state index contributed by atoms with van der Waals surface area (Å²) in [6, 6.07) is 7.29. The van der Waals surface area contributed by atoms with Gasteiger partial charge in [-0.1, -0.05) is 12.1 Å². The van der Waals surface area contributed by atoms with E-state index in [1.54, 1.807) is 13.3 Å². The van der Waals surface area contributed by atoms with E-state index < -0.39 is 0 Å². The van der Waals surface area contributed by atoms with Crippen LogP contribution < -0.4 is 15.4 Å². The monoisotopic (exact) mass is 345 g/mol. The van der Waals surface area contributed by atoms with Gasteiger partial charge in [0, 0.05) is 32.0 Å². The van der Waals surface area contributed by atoms with Gasteiger partial charge < -0.3 is 24.8 Å². The van der Waals surface area contributed by atoms with Gasteiger partial charge in [-0.3, -0.25) is 0 Å². The minimum absolute atomic E-state index is 0.225. The smallest absolute Gasteiger partial charge is 0.315 e. The van der Waals surface area contributed by atoms with Crippen LogP contribution in [0.2, 0.25) is 0 Å². The quantitative estimate of drug-likeness (QED) is 0.802. The summed E-state index contributed by atoms with van der Waals surface area (Å²) in [5, 5.41) is 5.93. The van der Waals surface area contributed by atoms with Crippen LogP contribution in [0.1, 0.15) is 24.4 Å². The Labute approximate surface area is 149 Å². The van der Waals surface area contributed by atoms with Crippen molar-refractivity contribution in [3.05, 3.63) is 48.0 Å². The summed E-state index contributed by atoms with van der Waals surface area (Å²) in [7, 11) is 7.51. The third kappa shape index (κ3) is 4.96. The lowest BCUT2D eigenvalue weighted by Gasteiger charge is -2.23. The first-order valence-corrected chi connectivity index (χ1v) is 8.24. The molecule has 0 spiro atoms. The van der Waals surface area contributed by atoms with E-state index in [2.05, 4.69) is 27.4 Å². The van der Waals surface area contributed by atoms with E-state index in [0.717, 1.165) is 17.1 Å². The number of benzene rings is 1. The van der Waals surface area contributed by atoms with Gasteiger partial charge >= 0.3 is 6.03 Å². The van der Waals surface area contributed by atoms with Crippen molar-refractivity contribution in [2.45, 2.75) is 19.0 Å². The summed E-state index contributed by atoms with van der Waals surface area (Å²) in [6.07, 6.45) is 3.58. The van der Waals surface area contributed by atoms with E-state index in [0.29, 0.717) is 6.54 Å². The van der Waals surface area contributed by atoms with Crippen LogP contribution in [0.3, 0.4) is 0 Å². The number of urea groups is 1. The van der Waals surface area contributed by atoms with Crippen LogP contribution in [0.4, 0.5) is 4.79 Å². The second-order valence-electron chi connectivity index (χ2n) is 6.27. The summed E-state index contributed by atoms with van der Waals surface area (Å²) in [5.41, 5.74) is 0.936. The highest BCUT2D eigenvalue weighted by atomic mass is 16.5. The first kappa shape index (κ1) is 18.8. The van der Waals surface area contributed by atoms with Gasteiger partial charge in [0.1, 0.15) is 17.6 Å². The lowest BCUT2D eigenvalue weighted by Crippen LogP contribution is -2.44. The molecule has 2 N–H and O–H groups in total. The average molecular weight is 345 g/mol. The fourth-order valence-corrected chi connectivity index (χ4v) is 2.35. The third-order valence-electron chi connectivity index (χ3n) is 4.28. The number of imidazole rings is 1. The summed E-state index contributed by atoms with van der Waals surface area (Å²) < 4.78 is 7.11. The van der Waals surface area contributed by atoms with E-state index in [4.69, 9.17) is 4.74 Å². The second kappa shape index (κ2) is 8.53. The van der Waals surface area contributed by atoms with E-state index in [9.17, 15) is 4.79 Å². The summed E-state index contributed by atoms with van der Waals surface area (Å²) in [4.78, 5) is 18.8. The molecule has 0 bridgehead atoms. The highest BCUT2D eigenvalue weighted by Crippen LogP contribution is 2.22. The Kier molecular flexibility index (Phi) is 6.41. The maximum atomic E-state index is 12.4. The molecule has 1 aromatic carbocycles. The molecule has 25 heavy (non-hydrogen) atoms. The van der Waals surface area contributed by atoms with Gasteiger partial charge in [-0.05, 0) is 38.7 Å². The molecule has 0 fully saturated rings. The Balaban J connectivity index is 2.15. The molecule has 7 heteroatoms. The van der Waals surface area contributed by atoms with Crippen molar-refractivity contribution in [3.63, 3.8) is 0 Å². The average Bonchev–Trinajstić information content (AvgIpc) is 3.03. The number of methoxy groups -OCH3 is 1. The Morgan fingerprint density at radius 3 is 2.52 bits per heavy atom. The van der Waals surface area contributed by atoms with E-state index in [-0.39, 0.29) is 18.1 Å². The molecule has 1 aromatic heterocycles. The number of likely N-dealkylation sites (N-methyl/N-ethyl adjacent to an activating group) is 1. The largest absolute Gasteiger partial charge is 0.497 e. The molecule has 0 aliphatic heterocycles. The van der Waals surface area contributed by atoms with Crippen molar-refractivity contribution in [1.29, 1.82) is 0 Å². The van der Waals surface area contributed by atoms with Gasteiger partial charge in [0.05, 0.1) is 7.11 Å². The van der Waals surface area contributed by atoms with Crippen molar-refractivity contribution in [3.8, 4) is 5.75 Å². The van der Waals surface area contributed by atoms with Gasteiger partial charge in [-0.25, -0.2) is 9.78 Å². The molecule has 0 unspecified atom stereocenters. The molecule has 0 aliphatic rings. The number of aromatic nitrogens is 2. The lowest BCUT2D eigenvalue weighted by molar-refractivity contribution is 0.232. The van der Waals surface area contributed by atoms with Crippen molar-refractivity contribution in [2.24, 2.45) is 7.05 Å². The number of hydrogen-bond acceptors (Lipinski definition) is 4. The topological polar surface area (TPSA) is 71.4 Å². The Bertz CT molecular complexity index is 681. The number of rotatable bonds is 7. The fraction of sp³-hybridized carbons (Fsp3) is 0.444. The third-order valence-corrected chi connectivity index (χ3v) is 4.28. The molecule has 0 saturated carbocycles. The molecule has 2 atom stereocenters. The number of carbonyl (C=O) groups excluding carboxylic acids is 1. The number of aryl methyl sites for hydroxylation is 1. The van der Waals surface area contributed by atoms with Gasteiger partial charge in [0.2, 0.25) is 0 Å². The number of ether oxygens (including phenoxy) is 1. The van der Waals surface area contributed by atoms with Crippen LogP contribution in [-0.2, 0) is 7.05 Å². The minimum Gasteiger partial charge on any atom is -0.497 e. The predicted molar refractivity (Wildman–Crippen MR) is 97.7 cm³/mol. The predicted octanol–water partition coefficient (Wildman–Crippen LogP) is 1.77. The lowest BCUT2D eigenvalue weighted by atomic mass is 10.1. The number of hydrogen-bond donors (Lipinski definition) is 2. The molecular weight excluding hydrogens is 318 g/mol. The number of carbonyl (C=O) groups is 1. The van der Waals surface area contributed by atoms with Crippen molar-refractivity contribution in [2.75, 3.05) is 27.7 Å². The van der Waals surface area contributed by atoms with Gasteiger partial charge in [-0.15, -0.1) is 0 Å². The first-order valence-electron chi connectivity index (χ1n) is 8.24. The zero-order valence-corrected chi connectivity index (χ0v) is 15.5. The molecular formula is C18H27N5O2. The SMILES string of the molecule is COc1ccc([C@H](NC(=O)NC[C@H](C)N(C)C)c2nccn2C)cc1. The second-order valence-corrected chi connectivity index (χ2v) is 6.27. The van der Waals surface area contributed by atoms with Gasteiger partial charge in [0.15, 0.2) is 0 Å². The van der Waals surface area contributed by atoms with E-state index in [1.165, 1.54) is 0 Å². The summed E-state index contributed by atoms with van der Waals surface area (Å²) >= 11 is 0. The molecule has 2 aromatic rings. The number of amides is 2. The van der Waals surface area contributed by atoms with Crippen LogP contribution in [-0.4, -0.2) is 54.3 Å².